The van der Waals surface area contributed by atoms with E-state index in [0.717, 1.165) is 6.20 Å². The molecule has 0 fully saturated rings. The number of fused-ring (bicyclic) bond motifs is 3. The molecule has 4 rings (SSSR count). The van der Waals surface area contributed by atoms with Crippen LogP contribution in [0.3, 0.4) is 0 Å². The Balaban J connectivity index is 2.05. The van der Waals surface area contributed by atoms with E-state index in [1.54, 1.807) is 30.6 Å². The molecule has 0 amide bonds. The van der Waals surface area contributed by atoms with E-state index >= 15 is 0 Å². The number of ether oxygens (including phenoxy) is 1. The minimum atomic E-state index is -0.485. The summed E-state index contributed by atoms with van der Waals surface area (Å²) in [4.78, 5) is 20.6. The lowest BCUT2D eigenvalue weighted by Crippen LogP contribution is -2.37. The van der Waals surface area contributed by atoms with Gasteiger partial charge in [-0.3, -0.25) is 14.3 Å². The predicted octanol–water partition coefficient (Wildman–Crippen LogP) is 1.12. The van der Waals surface area contributed by atoms with Crippen molar-refractivity contribution in [2.75, 3.05) is 0 Å². The molecule has 0 spiro atoms. The molecule has 4 heterocycles. The van der Waals surface area contributed by atoms with Crippen LogP contribution in [0.1, 0.15) is 5.69 Å². The fraction of sp³-hybridized carbons (Fsp3) is 0.0625. The Labute approximate surface area is 131 Å². The van der Waals surface area contributed by atoms with Crippen LogP contribution >= 0.6 is 0 Å². The minimum Gasteiger partial charge on any atom is -0.485 e. The average Bonchev–Trinajstić information content (AvgIpc) is 2.56. The van der Waals surface area contributed by atoms with Crippen molar-refractivity contribution in [3.8, 4) is 22.7 Å². The Morgan fingerprint density at radius 2 is 2.17 bits per heavy atom. The fourth-order valence-electron chi connectivity index (χ4n) is 2.66. The first-order valence-corrected chi connectivity index (χ1v) is 6.88. The highest BCUT2D eigenvalue weighted by atomic mass is 19.1. The maximum absolute atomic E-state index is 13.3. The second kappa shape index (κ2) is 5.05. The number of rotatable bonds is 1. The van der Waals surface area contributed by atoms with E-state index < -0.39 is 5.82 Å². The Hall–Kier alpha value is -2.96. The summed E-state index contributed by atoms with van der Waals surface area (Å²) in [6.45, 7) is 0.109. The highest BCUT2D eigenvalue weighted by Crippen LogP contribution is 2.35. The molecule has 0 bridgehead atoms. The Morgan fingerprint density at radius 1 is 1.30 bits per heavy atom. The normalized spacial score (nSPS) is 12.2. The molecule has 2 radical (unpaired) electrons. The molecule has 0 saturated carbocycles. The van der Waals surface area contributed by atoms with Crippen molar-refractivity contribution in [3.05, 3.63) is 64.7 Å². The van der Waals surface area contributed by atoms with E-state index in [2.05, 4.69) is 9.97 Å². The van der Waals surface area contributed by atoms with Gasteiger partial charge in [-0.2, -0.15) is 0 Å². The molecule has 3 aromatic rings. The minimum absolute atomic E-state index is 0.0755. The van der Waals surface area contributed by atoms with Crippen LogP contribution in [0, 0.1) is 5.82 Å². The van der Waals surface area contributed by atoms with Gasteiger partial charge in [0.05, 0.1) is 23.8 Å². The zero-order chi connectivity index (χ0) is 16.0. The van der Waals surface area contributed by atoms with Gasteiger partial charge in [0.1, 0.15) is 31.7 Å². The van der Waals surface area contributed by atoms with Crippen molar-refractivity contribution in [1.82, 2.24) is 14.5 Å². The summed E-state index contributed by atoms with van der Waals surface area (Å²) < 4.78 is 20.3. The van der Waals surface area contributed by atoms with Crippen LogP contribution in [-0.4, -0.2) is 22.4 Å². The molecular weight excluding hydrogens is 296 g/mol. The van der Waals surface area contributed by atoms with E-state index in [9.17, 15) is 9.18 Å². The standard InChI is InChI=1S/C16H9BFN3O2/c17-12-5-11-13(8-23-14-4-9(18)6-20-15(11)14)21(16(12)22)10-2-1-3-19-7-10/h1-7H,8H2. The molecule has 0 unspecified atom stereocenters. The first kappa shape index (κ1) is 13.7. The zero-order valence-electron chi connectivity index (χ0n) is 11.9. The van der Waals surface area contributed by atoms with Gasteiger partial charge in [0.15, 0.2) is 0 Å². The lowest BCUT2D eigenvalue weighted by Gasteiger charge is -2.24. The van der Waals surface area contributed by atoms with Gasteiger partial charge in [0, 0.05) is 17.8 Å². The highest BCUT2D eigenvalue weighted by Gasteiger charge is 2.24. The Morgan fingerprint density at radius 3 is 2.96 bits per heavy atom. The van der Waals surface area contributed by atoms with Crippen molar-refractivity contribution < 1.29 is 9.13 Å². The van der Waals surface area contributed by atoms with E-state index in [1.807, 2.05) is 0 Å². The second-order valence-corrected chi connectivity index (χ2v) is 5.10. The number of hydrogen-bond acceptors (Lipinski definition) is 4. The van der Waals surface area contributed by atoms with Gasteiger partial charge in [0.25, 0.3) is 0 Å². The number of hydrogen-bond donors (Lipinski definition) is 0. The molecule has 0 aliphatic carbocycles. The van der Waals surface area contributed by atoms with Crippen LogP contribution in [0.2, 0.25) is 0 Å². The van der Waals surface area contributed by atoms with E-state index in [-0.39, 0.29) is 17.6 Å². The zero-order valence-corrected chi connectivity index (χ0v) is 11.9. The van der Waals surface area contributed by atoms with Crippen molar-refractivity contribution in [1.29, 1.82) is 0 Å². The lowest BCUT2D eigenvalue weighted by atomic mass is 9.93. The largest absolute Gasteiger partial charge is 0.485 e. The summed E-state index contributed by atoms with van der Waals surface area (Å²) in [7, 11) is 5.87. The van der Waals surface area contributed by atoms with E-state index in [0.29, 0.717) is 28.4 Å². The number of aromatic nitrogens is 3. The third-order valence-electron chi connectivity index (χ3n) is 3.67. The third kappa shape index (κ3) is 2.12. The topological polar surface area (TPSA) is 57.0 Å². The molecule has 110 valence electrons. The van der Waals surface area contributed by atoms with Crippen molar-refractivity contribution in [3.63, 3.8) is 0 Å². The fourth-order valence-corrected chi connectivity index (χ4v) is 2.66. The predicted molar refractivity (Wildman–Crippen MR) is 82.7 cm³/mol. The summed E-state index contributed by atoms with van der Waals surface area (Å²) in [6.07, 6.45) is 4.28. The molecule has 7 heteroatoms. The molecule has 0 aromatic carbocycles. The highest BCUT2D eigenvalue weighted by molar-refractivity contribution is 6.32. The van der Waals surface area contributed by atoms with Gasteiger partial charge in [-0.1, -0.05) is 6.07 Å². The maximum atomic E-state index is 13.3. The quantitative estimate of drug-likeness (QED) is 0.632. The number of pyridine rings is 3. The van der Waals surface area contributed by atoms with Gasteiger partial charge in [-0.05, 0) is 17.6 Å². The summed E-state index contributed by atoms with van der Waals surface area (Å²) in [5.41, 5.74) is 2.00. The molecule has 1 aliphatic rings. The molecule has 0 N–H and O–H groups in total. The van der Waals surface area contributed by atoms with Gasteiger partial charge in [0.2, 0.25) is 5.56 Å². The first-order valence-electron chi connectivity index (χ1n) is 6.88. The molecule has 23 heavy (non-hydrogen) atoms. The molecule has 3 aromatic heterocycles. The summed E-state index contributed by atoms with van der Waals surface area (Å²) in [5.74, 6) is -0.158. The third-order valence-corrected chi connectivity index (χ3v) is 3.67. The Kier molecular flexibility index (Phi) is 3.01. The number of nitrogens with zero attached hydrogens (tertiary/aromatic N) is 3. The Bertz CT molecular complexity index is 973. The smallest absolute Gasteiger partial charge is 0.248 e. The summed E-state index contributed by atoms with van der Waals surface area (Å²) >= 11 is 0. The second-order valence-electron chi connectivity index (χ2n) is 5.10. The van der Waals surface area contributed by atoms with Crippen molar-refractivity contribution >= 4 is 13.3 Å². The van der Waals surface area contributed by atoms with Gasteiger partial charge < -0.3 is 4.74 Å². The van der Waals surface area contributed by atoms with E-state index in [1.165, 1.54) is 10.6 Å². The van der Waals surface area contributed by atoms with Crippen molar-refractivity contribution in [2.45, 2.75) is 6.61 Å². The summed E-state index contributed by atoms with van der Waals surface area (Å²) in [6, 6.07) is 6.29. The number of halogens is 1. The van der Waals surface area contributed by atoms with Gasteiger partial charge in [-0.25, -0.2) is 9.37 Å². The van der Waals surface area contributed by atoms with Crippen LogP contribution in [0.5, 0.6) is 5.75 Å². The van der Waals surface area contributed by atoms with Crippen LogP contribution in [0.25, 0.3) is 16.9 Å². The van der Waals surface area contributed by atoms with Gasteiger partial charge >= 0.3 is 0 Å². The maximum Gasteiger partial charge on any atom is 0.248 e. The van der Waals surface area contributed by atoms with Crippen molar-refractivity contribution in [2.24, 2.45) is 0 Å². The molecule has 1 aliphatic heterocycles. The van der Waals surface area contributed by atoms with Crippen LogP contribution in [0.15, 0.2) is 47.7 Å². The van der Waals surface area contributed by atoms with E-state index in [4.69, 9.17) is 12.6 Å². The molecule has 5 nitrogen and oxygen atoms in total. The SMILES string of the molecule is [B]c1cc2c(n(-c3cccnc3)c1=O)COc1cc(F)cnc1-2. The van der Waals surface area contributed by atoms with Crippen LogP contribution in [-0.2, 0) is 6.61 Å². The van der Waals surface area contributed by atoms with Crippen LogP contribution < -0.4 is 15.8 Å². The van der Waals surface area contributed by atoms with Crippen LogP contribution in [0.4, 0.5) is 4.39 Å². The molecule has 0 saturated heterocycles. The van der Waals surface area contributed by atoms with Gasteiger partial charge in [-0.15, -0.1) is 0 Å². The lowest BCUT2D eigenvalue weighted by molar-refractivity contribution is 0.290. The molecular formula is C16H9BFN3O2. The average molecular weight is 305 g/mol. The first-order chi connectivity index (χ1) is 11.1. The summed E-state index contributed by atoms with van der Waals surface area (Å²) in [5, 5.41) is 0. The molecule has 0 atom stereocenters. The monoisotopic (exact) mass is 305 g/mol.